The summed E-state index contributed by atoms with van der Waals surface area (Å²) in [5.74, 6) is 0.983. The molecule has 0 radical (unpaired) electrons. The van der Waals surface area contributed by atoms with Gasteiger partial charge in [-0.25, -0.2) is 0 Å². The molecule has 0 aliphatic heterocycles. The van der Waals surface area contributed by atoms with E-state index in [1.165, 1.54) is 6.92 Å². The first-order valence-corrected chi connectivity index (χ1v) is 6.08. The van der Waals surface area contributed by atoms with Crippen LogP contribution >= 0.6 is 0 Å². The molecule has 4 heteroatoms. The monoisotopic (exact) mass is 267 g/mol. The maximum atomic E-state index is 10.8. The lowest BCUT2D eigenvalue weighted by molar-refractivity contribution is -0.142. The van der Waals surface area contributed by atoms with Gasteiger partial charge in [0.05, 0.1) is 11.6 Å². The van der Waals surface area contributed by atoms with Crippen LogP contribution < -0.4 is 4.74 Å². The van der Waals surface area contributed by atoms with Crippen molar-refractivity contribution in [3.8, 4) is 17.6 Å². The molecule has 2 rings (SSSR count). The summed E-state index contributed by atoms with van der Waals surface area (Å²) in [4.78, 5) is 10.8. The fraction of sp³-hybridized carbons (Fsp3) is 0.125. The highest BCUT2D eigenvalue weighted by Gasteiger charge is 2.01. The van der Waals surface area contributed by atoms with Crippen LogP contribution in [-0.4, -0.2) is 5.97 Å². The second-order valence-corrected chi connectivity index (χ2v) is 4.17. The molecule has 0 aliphatic rings. The Morgan fingerprint density at radius 3 is 2.55 bits per heavy atom. The van der Waals surface area contributed by atoms with E-state index in [0.717, 1.165) is 5.56 Å². The summed E-state index contributed by atoms with van der Waals surface area (Å²) >= 11 is 0. The van der Waals surface area contributed by atoms with Gasteiger partial charge in [-0.1, -0.05) is 12.1 Å². The SMILES string of the molecule is CC(=O)OCc1cccc(Oc2ccc(C#N)cc2)c1. The molecule has 0 aromatic heterocycles. The van der Waals surface area contributed by atoms with Crippen molar-refractivity contribution in [2.45, 2.75) is 13.5 Å². The van der Waals surface area contributed by atoms with Gasteiger partial charge >= 0.3 is 5.97 Å². The molecule has 0 spiro atoms. The molecule has 0 fully saturated rings. The maximum absolute atomic E-state index is 10.8. The summed E-state index contributed by atoms with van der Waals surface area (Å²) < 4.78 is 10.6. The van der Waals surface area contributed by atoms with E-state index in [2.05, 4.69) is 6.07 Å². The van der Waals surface area contributed by atoms with E-state index in [0.29, 0.717) is 17.1 Å². The minimum atomic E-state index is -0.316. The number of ether oxygens (including phenoxy) is 2. The average Bonchev–Trinajstić information content (AvgIpc) is 2.46. The molecular formula is C16H13NO3. The molecule has 0 saturated carbocycles. The molecule has 2 aromatic rings. The third kappa shape index (κ3) is 3.85. The lowest BCUT2D eigenvalue weighted by Crippen LogP contribution is -1.98. The van der Waals surface area contributed by atoms with Crippen LogP contribution in [0.4, 0.5) is 0 Å². The van der Waals surface area contributed by atoms with E-state index in [-0.39, 0.29) is 12.6 Å². The van der Waals surface area contributed by atoms with Gasteiger partial charge in [-0.3, -0.25) is 4.79 Å². The molecule has 4 nitrogen and oxygen atoms in total. The molecule has 2 aromatic carbocycles. The summed E-state index contributed by atoms with van der Waals surface area (Å²) in [5, 5.41) is 8.73. The predicted molar refractivity (Wildman–Crippen MR) is 73.1 cm³/mol. The van der Waals surface area contributed by atoms with Crippen LogP contribution in [0.25, 0.3) is 0 Å². The zero-order chi connectivity index (χ0) is 14.4. The quantitative estimate of drug-likeness (QED) is 0.796. The van der Waals surface area contributed by atoms with Crippen LogP contribution in [0.2, 0.25) is 0 Å². The van der Waals surface area contributed by atoms with Gasteiger partial charge in [0.25, 0.3) is 0 Å². The summed E-state index contributed by atoms with van der Waals surface area (Å²) in [7, 11) is 0. The lowest BCUT2D eigenvalue weighted by Gasteiger charge is -2.08. The van der Waals surface area contributed by atoms with Crippen molar-refractivity contribution in [3.63, 3.8) is 0 Å². The molecule has 100 valence electrons. The number of rotatable bonds is 4. The van der Waals surface area contributed by atoms with E-state index in [9.17, 15) is 4.79 Å². The molecule has 0 amide bonds. The summed E-state index contributed by atoms with van der Waals surface area (Å²) in [6.07, 6.45) is 0. The average molecular weight is 267 g/mol. The van der Waals surface area contributed by atoms with Gasteiger partial charge in [-0.2, -0.15) is 5.26 Å². The van der Waals surface area contributed by atoms with Gasteiger partial charge in [0, 0.05) is 6.92 Å². The van der Waals surface area contributed by atoms with E-state index in [1.807, 2.05) is 18.2 Å². The van der Waals surface area contributed by atoms with Crippen molar-refractivity contribution in [2.75, 3.05) is 0 Å². The van der Waals surface area contributed by atoms with Gasteiger partial charge < -0.3 is 9.47 Å². The van der Waals surface area contributed by atoms with Crippen molar-refractivity contribution in [1.29, 1.82) is 5.26 Å². The molecule has 0 saturated heterocycles. The molecule has 0 aliphatic carbocycles. The molecular weight excluding hydrogens is 254 g/mol. The number of hydrogen-bond donors (Lipinski definition) is 0. The van der Waals surface area contributed by atoms with Crippen LogP contribution in [0.15, 0.2) is 48.5 Å². The van der Waals surface area contributed by atoms with Gasteiger partial charge in [-0.05, 0) is 42.0 Å². The van der Waals surface area contributed by atoms with E-state index in [1.54, 1.807) is 30.3 Å². The summed E-state index contributed by atoms with van der Waals surface area (Å²) in [6.45, 7) is 1.59. The first kappa shape index (κ1) is 13.6. The second kappa shape index (κ2) is 6.39. The smallest absolute Gasteiger partial charge is 0.302 e. The van der Waals surface area contributed by atoms with Gasteiger partial charge in [-0.15, -0.1) is 0 Å². The van der Waals surface area contributed by atoms with Crippen LogP contribution in [0, 0.1) is 11.3 Å². The van der Waals surface area contributed by atoms with E-state index < -0.39 is 0 Å². The minimum Gasteiger partial charge on any atom is -0.461 e. The Morgan fingerprint density at radius 2 is 1.90 bits per heavy atom. The molecule has 20 heavy (non-hydrogen) atoms. The number of esters is 1. The van der Waals surface area contributed by atoms with E-state index in [4.69, 9.17) is 14.7 Å². The Hall–Kier alpha value is -2.80. The molecule has 0 atom stereocenters. The van der Waals surface area contributed by atoms with Crippen LogP contribution in [0.1, 0.15) is 18.1 Å². The second-order valence-electron chi connectivity index (χ2n) is 4.17. The van der Waals surface area contributed by atoms with Crippen LogP contribution in [-0.2, 0) is 16.1 Å². The lowest BCUT2D eigenvalue weighted by atomic mass is 10.2. The van der Waals surface area contributed by atoms with Crippen molar-refractivity contribution in [1.82, 2.24) is 0 Å². The largest absolute Gasteiger partial charge is 0.461 e. The first-order valence-electron chi connectivity index (χ1n) is 6.08. The zero-order valence-corrected chi connectivity index (χ0v) is 11.0. The fourth-order valence-electron chi connectivity index (χ4n) is 1.62. The predicted octanol–water partition coefficient (Wildman–Crippen LogP) is 3.41. The van der Waals surface area contributed by atoms with Crippen molar-refractivity contribution < 1.29 is 14.3 Å². The molecule has 0 heterocycles. The first-order chi connectivity index (χ1) is 9.67. The number of benzene rings is 2. The number of nitrogens with zero attached hydrogens (tertiary/aromatic N) is 1. The Kier molecular flexibility index (Phi) is 4.35. The third-order valence-electron chi connectivity index (χ3n) is 2.56. The van der Waals surface area contributed by atoms with Gasteiger partial charge in [0.15, 0.2) is 0 Å². The van der Waals surface area contributed by atoms with Crippen molar-refractivity contribution in [3.05, 3.63) is 59.7 Å². The molecule has 0 unspecified atom stereocenters. The zero-order valence-electron chi connectivity index (χ0n) is 11.0. The number of carbonyl (C=O) groups is 1. The Morgan fingerprint density at radius 1 is 1.15 bits per heavy atom. The highest BCUT2D eigenvalue weighted by Crippen LogP contribution is 2.22. The van der Waals surface area contributed by atoms with E-state index >= 15 is 0 Å². The Labute approximate surface area is 117 Å². The normalized spacial score (nSPS) is 9.60. The van der Waals surface area contributed by atoms with Crippen molar-refractivity contribution >= 4 is 5.97 Å². The topological polar surface area (TPSA) is 59.3 Å². The van der Waals surface area contributed by atoms with Crippen molar-refractivity contribution in [2.24, 2.45) is 0 Å². The standard InChI is InChI=1S/C16H13NO3/c1-12(18)19-11-14-3-2-4-16(9-14)20-15-7-5-13(10-17)6-8-15/h2-9H,11H2,1H3. The minimum absolute atomic E-state index is 0.222. The van der Waals surface area contributed by atoms with Gasteiger partial charge in [0.2, 0.25) is 0 Å². The van der Waals surface area contributed by atoms with Crippen LogP contribution in [0.5, 0.6) is 11.5 Å². The highest BCUT2D eigenvalue weighted by atomic mass is 16.5. The third-order valence-corrected chi connectivity index (χ3v) is 2.56. The van der Waals surface area contributed by atoms with Crippen LogP contribution in [0.3, 0.4) is 0 Å². The summed E-state index contributed by atoms with van der Waals surface area (Å²) in [6, 6.07) is 16.2. The van der Waals surface area contributed by atoms with Gasteiger partial charge in [0.1, 0.15) is 18.1 Å². The molecule has 0 bridgehead atoms. The molecule has 0 N–H and O–H groups in total. The number of nitriles is 1. The Bertz CT molecular complexity index is 642. The number of carbonyl (C=O) groups excluding carboxylic acids is 1. The maximum Gasteiger partial charge on any atom is 0.302 e. The Balaban J connectivity index is 2.07. The summed E-state index contributed by atoms with van der Waals surface area (Å²) in [5.41, 5.74) is 1.44. The number of hydrogen-bond acceptors (Lipinski definition) is 4. The fourth-order valence-corrected chi connectivity index (χ4v) is 1.62. The highest BCUT2D eigenvalue weighted by molar-refractivity contribution is 5.65.